The molecule has 2 rings (SSSR count). The largest absolute Gasteiger partial charge is 0.452 e. The highest BCUT2D eigenvalue weighted by Crippen LogP contribution is 2.27. The number of carbonyl (C=O) groups is 1. The van der Waals surface area contributed by atoms with Gasteiger partial charge in [0, 0.05) is 0 Å². The van der Waals surface area contributed by atoms with Gasteiger partial charge in [0.1, 0.15) is 6.17 Å². The molecule has 1 amide bonds. The number of amides is 1. The number of hydrogen-bond acceptors (Lipinski definition) is 4. The van der Waals surface area contributed by atoms with E-state index in [-0.39, 0.29) is 13.1 Å². The molecule has 6 nitrogen and oxygen atoms in total. The van der Waals surface area contributed by atoms with Gasteiger partial charge in [-0.2, -0.15) is 10.4 Å². The molecule has 0 saturated heterocycles. The zero-order valence-electron chi connectivity index (χ0n) is 14.8. The number of methoxy groups -OCH3 is 1. The van der Waals surface area contributed by atoms with Gasteiger partial charge in [0.25, 0.3) is 0 Å². The lowest BCUT2D eigenvalue weighted by Gasteiger charge is -2.22. The van der Waals surface area contributed by atoms with Crippen molar-refractivity contribution in [2.45, 2.75) is 40.0 Å². The number of alkyl halides is 1. The summed E-state index contributed by atoms with van der Waals surface area (Å²) in [6.45, 7) is 5.36. The number of anilines is 1. The van der Waals surface area contributed by atoms with E-state index in [4.69, 9.17) is 10.00 Å². The zero-order chi connectivity index (χ0) is 18.6. The first kappa shape index (κ1) is 18.5. The van der Waals surface area contributed by atoms with Gasteiger partial charge in [-0.05, 0) is 38.5 Å². The average molecular weight is 344 g/mol. The molecule has 0 radical (unpaired) electrons. The van der Waals surface area contributed by atoms with Gasteiger partial charge < -0.3 is 4.74 Å². The number of hydrogen-bond donors (Lipinski definition) is 0. The third-order valence-electron chi connectivity index (χ3n) is 3.83. The van der Waals surface area contributed by atoms with Crippen LogP contribution in [0.15, 0.2) is 24.3 Å². The van der Waals surface area contributed by atoms with Gasteiger partial charge in [0.15, 0.2) is 0 Å². The lowest BCUT2D eigenvalue weighted by Crippen LogP contribution is -2.31. The van der Waals surface area contributed by atoms with Crippen LogP contribution in [0.25, 0.3) is 0 Å². The van der Waals surface area contributed by atoms with Crippen LogP contribution >= 0.6 is 0 Å². The van der Waals surface area contributed by atoms with Gasteiger partial charge in [-0.1, -0.05) is 12.1 Å². The Bertz CT molecular complexity index is 808. The molecule has 0 bridgehead atoms. The van der Waals surface area contributed by atoms with E-state index in [1.807, 2.05) is 6.07 Å². The Labute approximate surface area is 146 Å². The predicted molar refractivity (Wildman–Crippen MR) is 92.0 cm³/mol. The van der Waals surface area contributed by atoms with E-state index in [0.717, 1.165) is 5.56 Å². The van der Waals surface area contributed by atoms with Crippen molar-refractivity contribution in [3.63, 3.8) is 0 Å². The van der Waals surface area contributed by atoms with E-state index in [1.165, 1.54) is 18.9 Å². The third kappa shape index (κ3) is 4.15. The minimum atomic E-state index is -1.05. The van der Waals surface area contributed by atoms with E-state index in [1.54, 1.807) is 36.7 Å². The number of nitrogens with zero attached hydrogens (tertiary/aromatic N) is 4. The number of halogens is 1. The molecule has 0 aliphatic heterocycles. The van der Waals surface area contributed by atoms with Crippen LogP contribution in [0.1, 0.15) is 29.4 Å². The molecule has 132 valence electrons. The maximum absolute atomic E-state index is 13.4. The second-order valence-corrected chi connectivity index (χ2v) is 5.85. The fourth-order valence-electron chi connectivity index (χ4n) is 2.76. The van der Waals surface area contributed by atoms with Gasteiger partial charge in [-0.3, -0.25) is 9.58 Å². The number of carbonyl (C=O) groups excluding carboxylic acids is 1. The molecule has 0 fully saturated rings. The van der Waals surface area contributed by atoms with E-state index >= 15 is 0 Å². The van der Waals surface area contributed by atoms with Crippen molar-refractivity contribution in [1.29, 1.82) is 5.26 Å². The van der Waals surface area contributed by atoms with Gasteiger partial charge in [0.2, 0.25) is 0 Å². The molecule has 0 spiro atoms. The maximum Gasteiger partial charge on any atom is 0.414 e. The molecular formula is C18H21FN4O2. The summed E-state index contributed by atoms with van der Waals surface area (Å²) in [6, 6.07) is 9.08. The topological polar surface area (TPSA) is 71.2 Å². The Balaban J connectivity index is 2.43. The molecule has 0 saturated carbocycles. The van der Waals surface area contributed by atoms with Crippen LogP contribution in [0.3, 0.4) is 0 Å². The highest BCUT2D eigenvalue weighted by molar-refractivity contribution is 5.89. The number of benzene rings is 1. The predicted octanol–water partition coefficient (Wildman–Crippen LogP) is 3.50. The molecule has 2 aromatic rings. The molecule has 25 heavy (non-hydrogen) atoms. The van der Waals surface area contributed by atoms with Gasteiger partial charge in [-0.15, -0.1) is 0 Å². The number of nitriles is 1. The summed E-state index contributed by atoms with van der Waals surface area (Å²) in [4.78, 5) is 13.8. The van der Waals surface area contributed by atoms with Crippen molar-refractivity contribution in [1.82, 2.24) is 9.78 Å². The van der Waals surface area contributed by atoms with Gasteiger partial charge in [0.05, 0.1) is 48.9 Å². The SMILES string of the molecule is COC(=O)N(Cc1cccc(C#N)c1)c1c(C)nn(CC(C)F)c1C. The van der Waals surface area contributed by atoms with Crippen molar-refractivity contribution >= 4 is 11.8 Å². The van der Waals surface area contributed by atoms with Crippen LogP contribution < -0.4 is 4.90 Å². The lowest BCUT2D eigenvalue weighted by atomic mass is 10.1. The molecule has 7 heteroatoms. The third-order valence-corrected chi connectivity index (χ3v) is 3.83. The summed E-state index contributed by atoms with van der Waals surface area (Å²) in [5, 5.41) is 13.4. The first-order chi connectivity index (χ1) is 11.9. The normalized spacial score (nSPS) is 11.7. The standard InChI is InChI=1S/C18H21FN4O2/c1-12(19)10-23-14(3)17(13(2)21-23)22(18(24)25-4)11-16-7-5-6-15(8-16)9-20/h5-8,12H,10-11H2,1-4H3. The average Bonchev–Trinajstić information content (AvgIpc) is 2.85. The smallest absolute Gasteiger partial charge is 0.414 e. The second-order valence-electron chi connectivity index (χ2n) is 5.85. The summed E-state index contributed by atoms with van der Waals surface area (Å²) in [5.41, 5.74) is 3.19. The van der Waals surface area contributed by atoms with Crippen LogP contribution in [0.2, 0.25) is 0 Å². The second kappa shape index (κ2) is 7.79. The number of ether oxygens (including phenoxy) is 1. The summed E-state index contributed by atoms with van der Waals surface area (Å²) in [5.74, 6) is 0. The van der Waals surface area contributed by atoms with Crippen molar-refractivity contribution in [3.05, 3.63) is 46.8 Å². The summed E-state index contributed by atoms with van der Waals surface area (Å²) in [6.07, 6.45) is -1.59. The Morgan fingerprint density at radius 1 is 1.48 bits per heavy atom. The Hall–Kier alpha value is -2.88. The summed E-state index contributed by atoms with van der Waals surface area (Å²) >= 11 is 0. The fraction of sp³-hybridized carbons (Fsp3) is 0.389. The molecule has 0 aliphatic rings. The van der Waals surface area contributed by atoms with Crippen molar-refractivity contribution in [2.24, 2.45) is 0 Å². The fourth-order valence-corrected chi connectivity index (χ4v) is 2.76. The molecular weight excluding hydrogens is 323 g/mol. The highest BCUT2D eigenvalue weighted by atomic mass is 19.1. The van der Waals surface area contributed by atoms with Crippen LogP contribution in [-0.4, -0.2) is 29.2 Å². The van der Waals surface area contributed by atoms with Crippen molar-refractivity contribution in [2.75, 3.05) is 12.0 Å². The highest BCUT2D eigenvalue weighted by Gasteiger charge is 2.25. The van der Waals surface area contributed by atoms with Crippen LogP contribution in [-0.2, 0) is 17.8 Å². The first-order valence-electron chi connectivity index (χ1n) is 7.90. The minimum Gasteiger partial charge on any atom is -0.452 e. The Kier molecular flexibility index (Phi) is 5.75. The number of aryl methyl sites for hydroxylation is 1. The number of rotatable bonds is 5. The molecule has 0 N–H and O–H groups in total. The minimum absolute atomic E-state index is 0.117. The molecule has 0 aliphatic carbocycles. The zero-order valence-corrected chi connectivity index (χ0v) is 14.8. The van der Waals surface area contributed by atoms with Crippen LogP contribution in [0.4, 0.5) is 14.9 Å². The Morgan fingerprint density at radius 3 is 2.80 bits per heavy atom. The van der Waals surface area contributed by atoms with Crippen molar-refractivity contribution < 1.29 is 13.9 Å². The summed E-state index contributed by atoms with van der Waals surface area (Å²) in [7, 11) is 1.31. The van der Waals surface area contributed by atoms with Crippen molar-refractivity contribution in [3.8, 4) is 6.07 Å². The lowest BCUT2D eigenvalue weighted by molar-refractivity contribution is 0.178. The molecule has 1 atom stereocenters. The maximum atomic E-state index is 13.4. The monoisotopic (exact) mass is 344 g/mol. The molecule has 1 aromatic carbocycles. The van der Waals surface area contributed by atoms with E-state index in [9.17, 15) is 9.18 Å². The molecule has 1 unspecified atom stereocenters. The van der Waals surface area contributed by atoms with Gasteiger partial charge in [-0.25, -0.2) is 9.18 Å². The van der Waals surface area contributed by atoms with E-state index in [0.29, 0.717) is 22.6 Å². The number of aromatic nitrogens is 2. The quantitative estimate of drug-likeness (QED) is 0.832. The van der Waals surface area contributed by atoms with Gasteiger partial charge >= 0.3 is 6.09 Å². The molecule has 1 aromatic heterocycles. The van der Waals surface area contributed by atoms with E-state index < -0.39 is 12.3 Å². The van der Waals surface area contributed by atoms with Crippen LogP contribution in [0.5, 0.6) is 0 Å². The molecule has 1 heterocycles. The first-order valence-corrected chi connectivity index (χ1v) is 7.90. The van der Waals surface area contributed by atoms with Crippen LogP contribution in [0, 0.1) is 25.2 Å². The summed E-state index contributed by atoms with van der Waals surface area (Å²) < 4.78 is 19.8. The Morgan fingerprint density at radius 2 is 2.20 bits per heavy atom. The van der Waals surface area contributed by atoms with E-state index in [2.05, 4.69) is 11.2 Å².